The molecule has 2 heterocycles. The van der Waals surface area contributed by atoms with Crippen molar-refractivity contribution in [3.05, 3.63) is 59.7 Å². The van der Waals surface area contributed by atoms with Gasteiger partial charge in [0.25, 0.3) is 0 Å². The van der Waals surface area contributed by atoms with Crippen LogP contribution in [0.15, 0.2) is 48.5 Å². The highest BCUT2D eigenvalue weighted by molar-refractivity contribution is 5.99. The molecule has 8 nitrogen and oxygen atoms in total. The number of fused-ring (bicyclic) bond motifs is 1. The third kappa shape index (κ3) is 5.34. The van der Waals surface area contributed by atoms with Gasteiger partial charge in [0.15, 0.2) is 17.3 Å². The number of nitrogens with one attached hydrogen (secondary N) is 2. The molecule has 0 saturated carbocycles. The van der Waals surface area contributed by atoms with Crippen LogP contribution in [0.5, 0.6) is 11.5 Å². The van der Waals surface area contributed by atoms with Gasteiger partial charge in [-0.2, -0.15) is 0 Å². The number of carbonyl (C=O) groups is 3. The van der Waals surface area contributed by atoms with Gasteiger partial charge in [-0.25, -0.2) is 4.79 Å². The third-order valence-electron chi connectivity index (χ3n) is 6.03. The summed E-state index contributed by atoms with van der Waals surface area (Å²) in [6.07, 6.45) is 1.26. The van der Waals surface area contributed by atoms with Gasteiger partial charge >= 0.3 is 6.03 Å². The van der Waals surface area contributed by atoms with Crippen molar-refractivity contribution >= 4 is 17.7 Å². The summed E-state index contributed by atoms with van der Waals surface area (Å²) in [7, 11) is 0. The van der Waals surface area contributed by atoms with E-state index in [9.17, 15) is 14.4 Å². The number of carbonyl (C=O) groups excluding carboxylic acids is 3. The molecule has 1 saturated heterocycles. The Balaban J connectivity index is 1.44. The van der Waals surface area contributed by atoms with Gasteiger partial charge in [-0.05, 0) is 56.6 Å². The summed E-state index contributed by atoms with van der Waals surface area (Å²) in [5, 5.41) is 5.04. The van der Waals surface area contributed by atoms with E-state index in [-0.39, 0.29) is 17.6 Å². The van der Waals surface area contributed by atoms with E-state index in [2.05, 4.69) is 10.6 Å². The molecule has 2 aromatic rings. The minimum absolute atomic E-state index is 0.0784. The van der Waals surface area contributed by atoms with Gasteiger partial charge in [-0.1, -0.05) is 30.3 Å². The summed E-state index contributed by atoms with van der Waals surface area (Å²) in [6.45, 7) is 4.36. The lowest BCUT2D eigenvalue weighted by Crippen LogP contribution is -2.48. The van der Waals surface area contributed by atoms with Gasteiger partial charge in [0.2, 0.25) is 5.91 Å². The Hall–Kier alpha value is -3.39. The van der Waals surface area contributed by atoms with Crippen molar-refractivity contribution in [1.82, 2.24) is 15.5 Å². The first-order chi connectivity index (χ1) is 16.1. The van der Waals surface area contributed by atoms with Crippen LogP contribution in [0.25, 0.3) is 0 Å². The Morgan fingerprint density at radius 2 is 1.70 bits per heavy atom. The van der Waals surface area contributed by atoms with Crippen LogP contribution in [0, 0.1) is 5.92 Å². The lowest BCUT2D eigenvalue weighted by Gasteiger charge is -2.36. The van der Waals surface area contributed by atoms with E-state index in [0.29, 0.717) is 62.8 Å². The van der Waals surface area contributed by atoms with E-state index in [1.54, 1.807) is 25.1 Å². The average Bonchev–Trinajstić information content (AvgIpc) is 2.84. The molecular weight excluding hydrogens is 422 g/mol. The fourth-order valence-electron chi connectivity index (χ4n) is 4.40. The van der Waals surface area contributed by atoms with E-state index in [0.717, 1.165) is 5.56 Å². The van der Waals surface area contributed by atoms with Crippen molar-refractivity contribution in [2.75, 3.05) is 32.8 Å². The molecule has 2 aliphatic rings. The van der Waals surface area contributed by atoms with E-state index in [4.69, 9.17) is 9.47 Å². The minimum Gasteiger partial charge on any atom is -0.486 e. The van der Waals surface area contributed by atoms with Crippen LogP contribution in [0.2, 0.25) is 0 Å². The van der Waals surface area contributed by atoms with Crippen LogP contribution >= 0.6 is 0 Å². The summed E-state index contributed by atoms with van der Waals surface area (Å²) in [5.74, 6) is 0.845. The van der Waals surface area contributed by atoms with Gasteiger partial charge in [0.05, 0.1) is 0 Å². The predicted molar refractivity (Wildman–Crippen MR) is 122 cm³/mol. The SMILES string of the molecule is CCNC(=O)NC(=O)C(c1ccccc1)N1CCC(C(=O)c2ccc3c(c2)OCCO3)CC1. The molecular formula is C25H29N3O5. The highest BCUT2D eigenvalue weighted by atomic mass is 16.6. The molecule has 0 aliphatic carbocycles. The fraction of sp³-hybridized carbons (Fsp3) is 0.400. The van der Waals surface area contributed by atoms with Crippen LogP contribution < -0.4 is 20.1 Å². The summed E-state index contributed by atoms with van der Waals surface area (Å²) in [5.41, 5.74) is 1.43. The van der Waals surface area contributed by atoms with Crippen molar-refractivity contribution in [2.24, 2.45) is 5.92 Å². The second kappa shape index (κ2) is 10.5. The van der Waals surface area contributed by atoms with Gasteiger partial charge in [-0.3, -0.25) is 19.8 Å². The van der Waals surface area contributed by atoms with Gasteiger partial charge in [0, 0.05) is 18.0 Å². The lowest BCUT2D eigenvalue weighted by molar-refractivity contribution is -0.126. The van der Waals surface area contributed by atoms with E-state index in [1.165, 1.54) is 0 Å². The second-order valence-electron chi connectivity index (χ2n) is 8.19. The maximum Gasteiger partial charge on any atom is 0.321 e. The molecule has 4 rings (SSSR count). The summed E-state index contributed by atoms with van der Waals surface area (Å²) in [6, 6.07) is 13.6. The highest BCUT2D eigenvalue weighted by Crippen LogP contribution is 2.33. The Morgan fingerprint density at radius 1 is 1.00 bits per heavy atom. The van der Waals surface area contributed by atoms with E-state index in [1.807, 2.05) is 35.2 Å². The minimum atomic E-state index is -0.598. The van der Waals surface area contributed by atoms with Crippen LogP contribution in [-0.2, 0) is 4.79 Å². The molecule has 0 bridgehead atoms. The summed E-state index contributed by atoms with van der Waals surface area (Å²) < 4.78 is 11.2. The molecule has 33 heavy (non-hydrogen) atoms. The first-order valence-electron chi connectivity index (χ1n) is 11.4. The smallest absolute Gasteiger partial charge is 0.321 e. The van der Waals surface area contributed by atoms with E-state index >= 15 is 0 Å². The number of nitrogens with zero attached hydrogens (tertiary/aromatic N) is 1. The average molecular weight is 452 g/mol. The maximum absolute atomic E-state index is 13.1. The molecule has 1 unspecified atom stereocenters. The van der Waals surface area contributed by atoms with Crippen molar-refractivity contribution in [2.45, 2.75) is 25.8 Å². The quantitative estimate of drug-likeness (QED) is 0.656. The molecule has 0 radical (unpaired) electrons. The Bertz CT molecular complexity index is 1000. The monoisotopic (exact) mass is 451 g/mol. The zero-order chi connectivity index (χ0) is 23.2. The summed E-state index contributed by atoms with van der Waals surface area (Å²) in [4.78, 5) is 40.1. The molecule has 2 aromatic carbocycles. The zero-order valence-corrected chi connectivity index (χ0v) is 18.7. The molecule has 8 heteroatoms. The number of likely N-dealkylation sites (tertiary alicyclic amines) is 1. The molecule has 3 amide bonds. The van der Waals surface area contributed by atoms with E-state index < -0.39 is 12.1 Å². The highest BCUT2D eigenvalue weighted by Gasteiger charge is 2.34. The molecule has 2 aliphatic heterocycles. The van der Waals surface area contributed by atoms with Gasteiger partial charge in [-0.15, -0.1) is 0 Å². The molecule has 174 valence electrons. The van der Waals surface area contributed by atoms with Crippen LogP contribution in [0.3, 0.4) is 0 Å². The predicted octanol–water partition coefficient (Wildman–Crippen LogP) is 2.94. The third-order valence-corrected chi connectivity index (χ3v) is 6.03. The first kappa shape index (κ1) is 22.8. The molecule has 0 aromatic heterocycles. The molecule has 1 fully saturated rings. The normalized spacial score (nSPS) is 17.1. The lowest BCUT2D eigenvalue weighted by atomic mass is 9.87. The number of ketones is 1. The molecule has 2 N–H and O–H groups in total. The number of rotatable bonds is 6. The summed E-state index contributed by atoms with van der Waals surface area (Å²) >= 11 is 0. The number of ether oxygens (including phenoxy) is 2. The Kier molecular flexibility index (Phi) is 7.24. The Labute approximate surface area is 193 Å². The number of piperidine rings is 1. The second-order valence-corrected chi connectivity index (χ2v) is 8.19. The first-order valence-corrected chi connectivity index (χ1v) is 11.4. The van der Waals surface area contributed by atoms with Crippen molar-refractivity contribution in [1.29, 1.82) is 0 Å². The number of hydrogen-bond donors (Lipinski definition) is 2. The topological polar surface area (TPSA) is 97.0 Å². The Morgan fingerprint density at radius 3 is 2.39 bits per heavy atom. The van der Waals surface area contributed by atoms with Crippen LogP contribution in [0.1, 0.15) is 41.7 Å². The maximum atomic E-state index is 13.1. The largest absolute Gasteiger partial charge is 0.486 e. The van der Waals surface area contributed by atoms with Gasteiger partial charge in [0.1, 0.15) is 19.3 Å². The van der Waals surface area contributed by atoms with Crippen molar-refractivity contribution < 1.29 is 23.9 Å². The fourth-order valence-corrected chi connectivity index (χ4v) is 4.40. The zero-order valence-electron chi connectivity index (χ0n) is 18.7. The number of benzene rings is 2. The molecule has 1 atom stereocenters. The van der Waals surface area contributed by atoms with Crippen LogP contribution in [0.4, 0.5) is 4.79 Å². The number of Topliss-reactive ketones (excluding diaryl/α,β-unsaturated/α-hetero) is 1. The number of imide groups is 1. The number of urea groups is 1. The standard InChI is InChI=1S/C25H29N3O5/c1-2-26-25(31)27-24(30)22(17-6-4-3-5-7-17)28-12-10-18(11-13-28)23(29)19-8-9-20-21(16-19)33-15-14-32-20/h3-9,16,18,22H,2,10-15H2,1H3,(H2,26,27,30,31). The molecule has 0 spiro atoms. The van der Waals surface area contributed by atoms with Crippen LogP contribution in [-0.4, -0.2) is 55.5 Å². The van der Waals surface area contributed by atoms with Crippen molar-refractivity contribution in [3.63, 3.8) is 0 Å². The number of hydrogen-bond acceptors (Lipinski definition) is 6. The number of amides is 3. The van der Waals surface area contributed by atoms with Crippen molar-refractivity contribution in [3.8, 4) is 11.5 Å². The van der Waals surface area contributed by atoms with Gasteiger partial charge < -0.3 is 14.8 Å².